The molecule has 0 fully saturated rings. The highest BCUT2D eigenvalue weighted by molar-refractivity contribution is 5.79. The molecule has 1 unspecified atom stereocenters. The summed E-state index contributed by atoms with van der Waals surface area (Å²) in [5.74, 6) is 0.642. The van der Waals surface area contributed by atoms with E-state index in [1.807, 2.05) is 30.0 Å². The van der Waals surface area contributed by atoms with Crippen LogP contribution >= 0.6 is 0 Å². The Kier molecular flexibility index (Phi) is 4.33. The third kappa shape index (κ3) is 3.21. The average molecular weight is 313 g/mol. The summed E-state index contributed by atoms with van der Waals surface area (Å²) in [7, 11) is 1.66. The highest BCUT2D eigenvalue weighted by Crippen LogP contribution is 2.32. The number of carbonyl (C=O) groups excluding carboxylic acids is 1. The maximum atomic E-state index is 13.0. The molecule has 1 atom stereocenters. The molecular weight excluding hydrogens is 293 g/mol. The molecule has 1 aliphatic rings. The Hall–Kier alpha value is -2.36. The van der Waals surface area contributed by atoms with Crippen molar-refractivity contribution in [1.82, 2.24) is 4.90 Å². The Labute approximate surface area is 135 Å². The van der Waals surface area contributed by atoms with Crippen LogP contribution < -0.4 is 4.74 Å². The summed E-state index contributed by atoms with van der Waals surface area (Å²) in [4.78, 5) is 14.5. The number of nitrogens with zero attached hydrogens (tertiary/aromatic N) is 1. The number of rotatable bonds is 3. The maximum absolute atomic E-state index is 13.0. The summed E-state index contributed by atoms with van der Waals surface area (Å²) in [6, 6.07) is 12.2. The number of hydrogen-bond donors (Lipinski definition) is 0. The third-order valence-corrected chi connectivity index (χ3v) is 4.48. The fourth-order valence-electron chi connectivity index (χ4n) is 3.15. The molecule has 120 valence electrons. The molecule has 0 aromatic heterocycles. The number of carbonyl (C=O) groups is 1. The second-order valence-corrected chi connectivity index (χ2v) is 5.88. The lowest BCUT2D eigenvalue weighted by molar-refractivity contribution is -0.133. The summed E-state index contributed by atoms with van der Waals surface area (Å²) in [6.07, 6.45) is 1.13. The van der Waals surface area contributed by atoms with E-state index >= 15 is 0 Å². The van der Waals surface area contributed by atoms with Crippen molar-refractivity contribution >= 4 is 5.91 Å². The molecule has 4 heteroatoms. The lowest BCUT2D eigenvalue weighted by Gasteiger charge is -2.35. The van der Waals surface area contributed by atoms with Crippen molar-refractivity contribution in [2.75, 3.05) is 13.7 Å². The average Bonchev–Trinajstić information content (AvgIpc) is 2.56. The predicted molar refractivity (Wildman–Crippen MR) is 86.9 cm³/mol. The molecule has 0 saturated carbocycles. The van der Waals surface area contributed by atoms with Gasteiger partial charge in [0, 0.05) is 6.54 Å². The smallest absolute Gasteiger partial charge is 0.227 e. The Bertz CT molecular complexity index is 712. The van der Waals surface area contributed by atoms with E-state index in [9.17, 15) is 9.18 Å². The number of benzene rings is 2. The van der Waals surface area contributed by atoms with E-state index in [1.165, 1.54) is 23.3 Å². The highest BCUT2D eigenvalue weighted by Gasteiger charge is 2.27. The van der Waals surface area contributed by atoms with Crippen molar-refractivity contribution < 1.29 is 13.9 Å². The quantitative estimate of drug-likeness (QED) is 0.867. The van der Waals surface area contributed by atoms with Gasteiger partial charge in [-0.2, -0.15) is 0 Å². The van der Waals surface area contributed by atoms with E-state index in [4.69, 9.17) is 4.74 Å². The molecular formula is C19H20FNO2. The van der Waals surface area contributed by atoms with Gasteiger partial charge in [0.25, 0.3) is 0 Å². The lowest BCUT2D eigenvalue weighted by Crippen LogP contribution is -2.39. The number of amides is 1. The molecule has 23 heavy (non-hydrogen) atoms. The van der Waals surface area contributed by atoms with Gasteiger partial charge in [0.2, 0.25) is 5.91 Å². The molecule has 2 aromatic rings. The molecule has 3 rings (SSSR count). The van der Waals surface area contributed by atoms with Gasteiger partial charge in [0.15, 0.2) is 0 Å². The van der Waals surface area contributed by atoms with E-state index in [2.05, 4.69) is 0 Å². The summed E-state index contributed by atoms with van der Waals surface area (Å²) in [5, 5.41) is 0. The molecule has 1 aliphatic heterocycles. The van der Waals surface area contributed by atoms with Gasteiger partial charge in [-0.05, 0) is 54.3 Å². The van der Waals surface area contributed by atoms with Crippen molar-refractivity contribution in [3.63, 3.8) is 0 Å². The molecule has 3 nitrogen and oxygen atoms in total. The van der Waals surface area contributed by atoms with Gasteiger partial charge in [-0.15, -0.1) is 0 Å². The summed E-state index contributed by atoms with van der Waals surface area (Å²) >= 11 is 0. The van der Waals surface area contributed by atoms with Gasteiger partial charge < -0.3 is 9.64 Å². The third-order valence-electron chi connectivity index (χ3n) is 4.48. The zero-order valence-corrected chi connectivity index (χ0v) is 13.4. The van der Waals surface area contributed by atoms with Crippen LogP contribution in [-0.2, 0) is 17.6 Å². The van der Waals surface area contributed by atoms with Gasteiger partial charge in [-0.1, -0.05) is 18.2 Å². The first-order chi connectivity index (χ1) is 11.1. The van der Waals surface area contributed by atoms with Gasteiger partial charge in [-0.3, -0.25) is 4.79 Å². The Morgan fingerprint density at radius 3 is 2.70 bits per heavy atom. The first-order valence-electron chi connectivity index (χ1n) is 7.79. The van der Waals surface area contributed by atoms with E-state index < -0.39 is 0 Å². The van der Waals surface area contributed by atoms with Crippen molar-refractivity contribution in [3.05, 3.63) is 65.0 Å². The zero-order chi connectivity index (χ0) is 16.4. The minimum atomic E-state index is -0.282. The first kappa shape index (κ1) is 15.5. The van der Waals surface area contributed by atoms with Gasteiger partial charge >= 0.3 is 0 Å². The standard InChI is InChI=1S/C19H20FNO2/c1-13-18-8-7-17(23-2)12-15(18)9-10-21(13)19(22)11-14-3-5-16(20)6-4-14/h3-8,12-13H,9-11H2,1-2H3. The number of methoxy groups -OCH3 is 1. The van der Waals surface area contributed by atoms with Gasteiger partial charge in [0.05, 0.1) is 19.6 Å². The van der Waals surface area contributed by atoms with Crippen LogP contribution in [0.2, 0.25) is 0 Å². The fourth-order valence-corrected chi connectivity index (χ4v) is 3.15. The highest BCUT2D eigenvalue weighted by atomic mass is 19.1. The number of hydrogen-bond acceptors (Lipinski definition) is 2. The molecule has 0 N–H and O–H groups in total. The number of halogens is 1. The minimum absolute atomic E-state index is 0.0394. The SMILES string of the molecule is COc1ccc2c(c1)CCN(C(=O)Cc1ccc(F)cc1)C2C. The van der Waals surface area contributed by atoms with Gasteiger partial charge in [-0.25, -0.2) is 4.39 Å². The Morgan fingerprint density at radius 1 is 1.26 bits per heavy atom. The second-order valence-electron chi connectivity index (χ2n) is 5.88. The minimum Gasteiger partial charge on any atom is -0.497 e. The zero-order valence-electron chi connectivity index (χ0n) is 13.4. The van der Waals surface area contributed by atoms with Crippen molar-refractivity contribution in [2.45, 2.75) is 25.8 Å². The van der Waals surface area contributed by atoms with Crippen LogP contribution in [0.4, 0.5) is 4.39 Å². The maximum Gasteiger partial charge on any atom is 0.227 e. The molecule has 1 amide bonds. The van der Waals surface area contributed by atoms with Crippen LogP contribution in [0.3, 0.4) is 0 Å². The normalized spacial score (nSPS) is 16.8. The Morgan fingerprint density at radius 2 is 2.00 bits per heavy atom. The van der Waals surface area contributed by atoms with E-state index in [-0.39, 0.29) is 17.8 Å². The van der Waals surface area contributed by atoms with Crippen molar-refractivity contribution in [2.24, 2.45) is 0 Å². The molecule has 0 spiro atoms. The van der Waals surface area contributed by atoms with Crippen molar-refractivity contribution in [3.8, 4) is 5.75 Å². The molecule has 0 bridgehead atoms. The largest absolute Gasteiger partial charge is 0.497 e. The van der Waals surface area contributed by atoms with Crippen LogP contribution in [0.1, 0.15) is 29.7 Å². The van der Waals surface area contributed by atoms with Crippen molar-refractivity contribution in [1.29, 1.82) is 0 Å². The molecule has 0 radical (unpaired) electrons. The van der Waals surface area contributed by atoms with Crippen LogP contribution in [0.5, 0.6) is 5.75 Å². The molecule has 2 aromatic carbocycles. The van der Waals surface area contributed by atoms with Crippen LogP contribution in [0, 0.1) is 5.82 Å². The number of ether oxygens (including phenoxy) is 1. The van der Waals surface area contributed by atoms with E-state index in [0.29, 0.717) is 13.0 Å². The summed E-state index contributed by atoms with van der Waals surface area (Å²) in [6.45, 7) is 2.74. The molecule has 0 saturated heterocycles. The monoisotopic (exact) mass is 313 g/mol. The summed E-state index contributed by atoms with van der Waals surface area (Å²) in [5.41, 5.74) is 3.25. The fraction of sp³-hybridized carbons (Fsp3) is 0.316. The Balaban J connectivity index is 1.76. The molecule has 0 aliphatic carbocycles. The predicted octanol–water partition coefficient (Wildman–Crippen LogP) is 3.52. The van der Waals surface area contributed by atoms with E-state index in [1.54, 1.807) is 19.2 Å². The lowest BCUT2D eigenvalue weighted by atomic mass is 9.92. The number of fused-ring (bicyclic) bond motifs is 1. The molecule has 1 heterocycles. The van der Waals surface area contributed by atoms with E-state index in [0.717, 1.165) is 17.7 Å². The van der Waals surface area contributed by atoms with Gasteiger partial charge in [0.1, 0.15) is 11.6 Å². The first-order valence-corrected chi connectivity index (χ1v) is 7.79. The summed E-state index contributed by atoms with van der Waals surface area (Å²) < 4.78 is 18.2. The van der Waals surface area contributed by atoms with Crippen LogP contribution in [0.15, 0.2) is 42.5 Å². The van der Waals surface area contributed by atoms with Crippen LogP contribution in [0.25, 0.3) is 0 Å². The second kappa shape index (κ2) is 6.41. The topological polar surface area (TPSA) is 29.5 Å². The van der Waals surface area contributed by atoms with Crippen LogP contribution in [-0.4, -0.2) is 24.5 Å².